The van der Waals surface area contributed by atoms with E-state index in [2.05, 4.69) is 10.2 Å². The number of aliphatic hydroxyl groups is 1. The summed E-state index contributed by atoms with van der Waals surface area (Å²) in [5.41, 5.74) is 0.894. The summed E-state index contributed by atoms with van der Waals surface area (Å²) in [5, 5.41) is 12.9. The maximum absolute atomic E-state index is 11.9. The average Bonchev–Trinajstić information content (AvgIpc) is 2.57. The van der Waals surface area contributed by atoms with Gasteiger partial charge in [0.05, 0.1) is 6.10 Å². The molecular weight excluding hydrogens is 330 g/mol. The number of anilines is 3. The summed E-state index contributed by atoms with van der Waals surface area (Å²) in [6.07, 6.45) is -0.582. The van der Waals surface area contributed by atoms with E-state index >= 15 is 0 Å². The van der Waals surface area contributed by atoms with Crippen molar-refractivity contribution in [2.24, 2.45) is 0 Å². The summed E-state index contributed by atoms with van der Waals surface area (Å²) in [5.74, 6) is 0. The number of hydrogen-bond donors (Lipinski definition) is 2. The van der Waals surface area contributed by atoms with Gasteiger partial charge in [-0.25, -0.2) is 0 Å². The van der Waals surface area contributed by atoms with Gasteiger partial charge in [0.2, 0.25) is 0 Å². The lowest BCUT2D eigenvalue weighted by Crippen LogP contribution is -2.51. The van der Waals surface area contributed by atoms with Crippen molar-refractivity contribution in [3.8, 4) is 0 Å². The van der Waals surface area contributed by atoms with Crippen molar-refractivity contribution in [1.29, 1.82) is 0 Å². The smallest absolute Gasteiger partial charge is 0.253 e. The second kappa shape index (κ2) is 6.83. The highest BCUT2D eigenvalue weighted by Gasteiger charge is 2.28. The fourth-order valence-corrected chi connectivity index (χ4v) is 3.14. The number of nitrogens with one attached hydrogen (secondary N) is 1. The molecule has 0 spiro atoms. The first kappa shape index (κ1) is 16.8. The van der Waals surface area contributed by atoms with Gasteiger partial charge in [-0.2, -0.15) is 0 Å². The predicted molar refractivity (Wildman–Crippen MR) is 97.4 cm³/mol. The molecule has 0 aliphatic carbocycles. The molecular formula is C17H20ClN3O3. The summed E-state index contributed by atoms with van der Waals surface area (Å²) in [7, 11) is 0. The molecule has 0 aromatic heterocycles. The van der Waals surface area contributed by atoms with E-state index in [1.54, 1.807) is 6.92 Å². The Balaban J connectivity index is 1.68. The lowest BCUT2D eigenvalue weighted by atomic mass is 10.1. The largest absolute Gasteiger partial charge is 0.392 e. The number of piperazine rings is 1. The van der Waals surface area contributed by atoms with Gasteiger partial charge < -0.3 is 20.2 Å². The fourth-order valence-electron chi connectivity index (χ4n) is 2.96. The van der Waals surface area contributed by atoms with Gasteiger partial charge in [-0.3, -0.25) is 9.59 Å². The van der Waals surface area contributed by atoms with Gasteiger partial charge in [-0.15, -0.1) is 0 Å². The Labute approximate surface area is 145 Å². The number of benzene rings is 1. The van der Waals surface area contributed by atoms with E-state index in [1.807, 2.05) is 29.2 Å². The molecule has 2 N–H and O–H groups in total. The number of aliphatic hydroxyl groups excluding tert-OH is 1. The Morgan fingerprint density at radius 3 is 2.46 bits per heavy atom. The van der Waals surface area contributed by atoms with E-state index in [1.165, 1.54) is 0 Å². The van der Waals surface area contributed by atoms with Crippen molar-refractivity contribution < 1.29 is 5.11 Å². The molecule has 128 valence electrons. The van der Waals surface area contributed by atoms with Crippen LogP contribution in [0.1, 0.15) is 6.92 Å². The molecule has 1 fully saturated rings. The molecule has 1 saturated heterocycles. The zero-order valence-corrected chi connectivity index (χ0v) is 14.2. The molecule has 0 radical (unpaired) electrons. The molecule has 0 amide bonds. The van der Waals surface area contributed by atoms with Gasteiger partial charge in [0.15, 0.2) is 0 Å². The zero-order chi connectivity index (χ0) is 17.3. The quantitative estimate of drug-likeness (QED) is 0.786. The molecule has 0 saturated carbocycles. The predicted octanol–water partition coefficient (Wildman–Crippen LogP) is 1.06. The molecule has 1 aliphatic heterocycles. The maximum Gasteiger partial charge on any atom is 0.253 e. The van der Waals surface area contributed by atoms with Crippen LogP contribution in [0.4, 0.5) is 17.1 Å². The van der Waals surface area contributed by atoms with Crippen LogP contribution < -0.4 is 26.0 Å². The minimum absolute atomic E-state index is 0.250. The van der Waals surface area contributed by atoms with E-state index < -0.39 is 17.0 Å². The van der Waals surface area contributed by atoms with Crippen molar-refractivity contribution in [2.45, 2.75) is 13.0 Å². The maximum atomic E-state index is 11.9. The molecule has 0 unspecified atom stereocenters. The fraction of sp³-hybridized carbons (Fsp3) is 0.412. The van der Waals surface area contributed by atoms with Crippen LogP contribution >= 0.6 is 11.6 Å². The number of rotatable bonds is 5. The third-order valence-corrected chi connectivity index (χ3v) is 4.46. The van der Waals surface area contributed by atoms with E-state index in [0.29, 0.717) is 29.5 Å². The van der Waals surface area contributed by atoms with Crippen molar-refractivity contribution in [1.82, 2.24) is 0 Å². The van der Waals surface area contributed by atoms with Crippen LogP contribution in [0, 0.1) is 0 Å². The summed E-state index contributed by atoms with van der Waals surface area (Å²) in [4.78, 5) is 27.8. The molecule has 1 heterocycles. The third kappa shape index (κ3) is 3.25. The van der Waals surface area contributed by atoms with Crippen molar-refractivity contribution in [2.75, 3.05) is 47.8 Å². The standard InChI is InChI=1S/C17H20ClN3O3/c1-11(22)10-19-14-15(17(24)16(14)23)21-7-5-20(6-8-21)13-4-2-3-12(18)9-13/h2-4,9,11,19,22H,5-8,10H2,1H3/t11-/m0/s1. The molecule has 7 heteroatoms. The first-order valence-electron chi connectivity index (χ1n) is 7.98. The monoisotopic (exact) mass is 349 g/mol. The van der Waals surface area contributed by atoms with E-state index in [0.717, 1.165) is 18.8 Å². The third-order valence-electron chi connectivity index (χ3n) is 4.23. The second-order valence-electron chi connectivity index (χ2n) is 6.07. The van der Waals surface area contributed by atoms with Crippen LogP contribution in [0.5, 0.6) is 0 Å². The van der Waals surface area contributed by atoms with Gasteiger partial charge >= 0.3 is 0 Å². The van der Waals surface area contributed by atoms with Gasteiger partial charge in [0, 0.05) is 43.4 Å². The highest BCUT2D eigenvalue weighted by atomic mass is 35.5. The summed E-state index contributed by atoms with van der Waals surface area (Å²) in [6.45, 7) is 4.67. The van der Waals surface area contributed by atoms with E-state index in [9.17, 15) is 14.7 Å². The van der Waals surface area contributed by atoms with Crippen molar-refractivity contribution >= 4 is 28.7 Å². The molecule has 3 rings (SSSR count). The number of halogens is 1. The van der Waals surface area contributed by atoms with Crippen LogP contribution in [0.3, 0.4) is 0 Å². The van der Waals surface area contributed by atoms with Gasteiger partial charge in [0.25, 0.3) is 10.9 Å². The molecule has 6 nitrogen and oxygen atoms in total. The van der Waals surface area contributed by atoms with Gasteiger partial charge in [0.1, 0.15) is 11.4 Å². The molecule has 24 heavy (non-hydrogen) atoms. The highest BCUT2D eigenvalue weighted by Crippen LogP contribution is 2.25. The number of hydrogen-bond acceptors (Lipinski definition) is 6. The SMILES string of the molecule is C[C@H](O)CNc1c(N2CCN(c3cccc(Cl)c3)CC2)c(=O)c1=O. The van der Waals surface area contributed by atoms with E-state index in [-0.39, 0.29) is 6.54 Å². The van der Waals surface area contributed by atoms with E-state index in [4.69, 9.17) is 11.6 Å². The minimum atomic E-state index is -0.582. The second-order valence-corrected chi connectivity index (χ2v) is 6.50. The summed E-state index contributed by atoms with van der Waals surface area (Å²) in [6, 6.07) is 7.68. The van der Waals surface area contributed by atoms with Crippen molar-refractivity contribution in [3.05, 3.63) is 49.7 Å². The van der Waals surface area contributed by atoms with Crippen LogP contribution in [0.15, 0.2) is 33.9 Å². The molecule has 0 bridgehead atoms. The number of nitrogens with zero attached hydrogens (tertiary/aromatic N) is 2. The summed E-state index contributed by atoms with van der Waals surface area (Å²) < 4.78 is 0. The Hall–Kier alpha value is -2.05. The molecule has 1 aliphatic rings. The van der Waals surface area contributed by atoms with Crippen molar-refractivity contribution in [3.63, 3.8) is 0 Å². The Bertz CT molecular complexity index is 791. The van der Waals surface area contributed by atoms with Crippen LogP contribution in [0.2, 0.25) is 5.02 Å². The lowest BCUT2D eigenvalue weighted by Gasteiger charge is -2.38. The minimum Gasteiger partial charge on any atom is -0.392 e. The average molecular weight is 350 g/mol. The zero-order valence-electron chi connectivity index (χ0n) is 13.5. The normalized spacial score (nSPS) is 16.5. The Morgan fingerprint density at radius 2 is 1.83 bits per heavy atom. The van der Waals surface area contributed by atoms with Crippen LogP contribution in [-0.2, 0) is 0 Å². The van der Waals surface area contributed by atoms with Crippen LogP contribution in [0.25, 0.3) is 0 Å². The first-order chi connectivity index (χ1) is 11.5. The lowest BCUT2D eigenvalue weighted by molar-refractivity contribution is 0.208. The molecule has 1 atom stereocenters. The molecule has 2 aromatic rings. The van der Waals surface area contributed by atoms with Gasteiger partial charge in [-0.1, -0.05) is 17.7 Å². The first-order valence-corrected chi connectivity index (χ1v) is 8.36. The Morgan fingerprint density at radius 1 is 1.17 bits per heavy atom. The topological polar surface area (TPSA) is 72.9 Å². The van der Waals surface area contributed by atoms with Gasteiger partial charge in [-0.05, 0) is 25.1 Å². The summed E-state index contributed by atoms with van der Waals surface area (Å²) >= 11 is 6.03. The van der Waals surface area contributed by atoms with Crippen LogP contribution in [-0.4, -0.2) is 43.9 Å². The molecule has 2 aromatic carbocycles. The Kier molecular flexibility index (Phi) is 4.78. The highest BCUT2D eigenvalue weighted by molar-refractivity contribution is 6.30.